The molecule has 0 amide bonds. The predicted octanol–water partition coefficient (Wildman–Crippen LogP) is 0.948. The maximum atomic E-state index is 12.7. The van der Waals surface area contributed by atoms with E-state index in [4.69, 9.17) is 5.73 Å². The summed E-state index contributed by atoms with van der Waals surface area (Å²) in [5.41, 5.74) is 3.13. The fourth-order valence-corrected chi connectivity index (χ4v) is 1.33. The second-order valence-electron chi connectivity index (χ2n) is 3.18. The van der Waals surface area contributed by atoms with Crippen LogP contribution in [0.5, 0.6) is 0 Å². The topological polar surface area (TPSA) is 85.2 Å². The van der Waals surface area contributed by atoms with Gasteiger partial charge in [-0.1, -0.05) is 0 Å². The van der Waals surface area contributed by atoms with Gasteiger partial charge in [0.15, 0.2) is 0 Å². The molecule has 94 valence electrons. The van der Waals surface area contributed by atoms with Crippen LogP contribution >= 0.6 is 0 Å². The molecule has 0 unspecified atom stereocenters. The zero-order valence-corrected chi connectivity index (χ0v) is 9.13. The molecule has 0 spiro atoms. The lowest BCUT2D eigenvalue weighted by Gasteiger charge is -2.09. The van der Waals surface area contributed by atoms with Crippen LogP contribution in [0.1, 0.15) is 35.0 Å². The number of aromatic nitrogens is 1. The summed E-state index contributed by atoms with van der Waals surface area (Å²) in [7, 11) is 0. The molecule has 0 bridgehead atoms. The lowest BCUT2D eigenvalue weighted by atomic mass is 10.1. The molecular weight excluding hydrogens is 234 g/mol. The van der Waals surface area contributed by atoms with Crippen molar-refractivity contribution in [3.05, 3.63) is 33.2 Å². The number of alkyl halides is 2. The third-order valence-corrected chi connectivity index (χ3v) is 2.06. The number of nitrogens with one attached hydrogen (secondary N) is 1. The fraction of sp³-hybridized carbons (Fsp3) is 0.400. The molecule has 0 aliphatic heterocycles. The first-order valence-electron chi connectivity index (χ1n) is 4.92. The number of carbonyl (C=O) groups is 1. The van der Waals surface area contributed by atoms with Gasteiger partial charge in [-0.2, -0.15) is 0 Å². The Morgan fingerprint density at radius 3 is 2.71 bits per heavy atom. The van der Waals surface area contributed by atoms with Gasteiger partial charge < -0.3 is 15.5 Å². The summed E-state index contributed by atoms with van der Waals surface area (Å²) in [6.07, 6.45) is -3.05. The van der Waals surface area contributed by atoms with Crippen LogP contribution < -0.4 is 11.3 Å². The lowest BCUT2D eigenvalue weighted by Crippen LogP contribution is -2.22. The quantitative estimate of drug-likeness (QED) is 0.774. The molecule has 7 heteroatoms. The standard InChI is InChI=1S/C10H12F2N2O3/c1-2-17-10(16)6-3-5(4-13)14-9(15)7(6)8(11)12/h3,8H,2,4,13H2,1H3,(H,14,15). The number of ether oxygens (including phenoxy) is 1. The summed E-state index contributed by atoms with van der Waals surface area (Å²) in [6.45, 7) is 1.51. The van der Waals surface area contributed by atoms with Crippen molar-refractivity contribution < 1.29 is 18.3 Å². The Morgan fingerprint density at radius 2 is 2.24 bits per heavy atom. The molecule has 17 heavy (non-hydrogen) atoms. The predicted molar refractivity (Wildman–Crippen MR) is 55.9 cm³/mol. The van der Waals surface area contributed by atoms with E-state index in [2.05, 4.69) is 9.72 Å². The summed E-state index contributed by atoms with van der Waals surface area (Å²) in [6, 6.07) is 1.11. The number of nitrogens with two attached hydrogens (primary N) is 1. The van der Waals surface area contributed by atoms with Gasteiger partial charge >= 0.3 is 5.97 Å². The van der Waals surface area contributed by atoms with Crippen LogP contribution in [0.3, 0.4) is 0 Å². The molecule has 0 saturated heterocycles. The number of pyridine rings is 1. The average molecular weight is 246 g/mol. The van der Waals surface area contributed by atoms with E-state index in [-0.39, 0.29) is 18.8 Å². The second-order valence-corrected chi connectivity index (χ2v) is 3.18. The minimum atomic E-state index is -3.05. The number of H-pyrrole nitrogens is 1. The zero-order chi connectivity index (χ0) is 13.0. The van der Waals surface area contributed by atoms with Crippen molar-refractivity contribution in [3.8, 4) is 0 Å². The van der Waals surface area contributed by atoms with Crippen LogP contribution in [-0.4, -0.2) is 17.6 Å². The van der Waals surface area contributed by atoms with E-state index in [0.29, 0.717) is 0 Å². The smallest absolute Gasteiger partial charge is 0.338 e. The van der Waals surface area contributed by atoms with Gasteiger partial charge in [-0.05, 0) is 13.0 Å². The van der Waals surface area contributed by atoms with Gasteiger partial charge in [0.25, 0.3) is 12.0 Å². The monoisotopic (exact) mass is 246 g/mol. The molecule has 0 aliphatic carbocycles. The molecule has 0 fully saturated rings. The first-order valence-corrected chi connectivity index (χ1v) is 4.92. The van der Waals surface area contributed by atoms with Gasteiger partial charge in [-0.25, -0.2) is 13.6 Å². The summed E-state index contributed by atoms with van der Waals surface area (Å²) in [4.78, 5) is 25.0. The third-order valence-electron chi connectivity index (χ3n) is 2.06. The maximum Gasteiger partial charge on any atom is 0.338 e. The second kappa shape index (κ2) is 5.53. The summed E-state index contributed by atoms with van der Waals surface area (Å²) < 4.78 is 29.9. The molecule has 0 atom stereocenters. The molecule has 0 aromatic carbocycles. The molecule has 1 aromatic rings. The molecule has 1 heterocycles. The number of halogens is 2. The normalized spacial score (nSPS) is 10.6. The Hall–Kier alpha value is -1.76. The molecule has 0 saturated carbocycles. The van der Waals surface area contributed by atoms with Gasteiger partial charge in [-0.3, -0.25) is 4.79 Å². The van der Waals surface area contributed by atoms with Gasteiger partial charge in [0.1, 0.15) is 0 Å². The Balaban J connectivity index is 3.37. The number of esters is 1. The molecule has 0 radical (unpaired) electrons. The number of hydrogen-bond acceptors (Lipinski definition) is 4. The number of carbonyl (C=O) groups excluding carboxylic acids is 1. The van der Waals surface area contributed by atoms with Crippen LogP contribution in [0.4, 0.5) is 8.78 Å². The van der Waals surface area contributed by atoms with E-state index in [9.17, 15) is 18.4 Å². The Morgan fingerprint density at radius 1 is 1.59 bits per heavy atom. The van der Waals surface area contributed by atoms with E-state index < -0.39 is 29.1 Å². The van der Waals surface area contributed by atoms with E-state index >= 15 is 0 Å². The molecule has 0 aliphatic rings. The first kappa shape index (κ1) is 13.3. The Bertz CT molecular complexity index is 471. The Kier molecular flexibility index (Phi) is 4.33. The van der Waals surface area contributed by atoms with Gasteiger partial charge in [0, 0.05) is 12.2 Å². The number of rotatable bonds is 4. The summed E-state index contributed by atoms with van der Waals surface area (Å²) >= 11 is 0. The number of aromatic amines is 1. The molecule has 1 rings (SSSR count). The SMILES string of the molecule is CCOC(=O)c1cc(CN)[nH]c(=O)c1C(F)F. The maximum absolute atomic E-state index is 12.7. The van der Waals surface area contributed by atoms with Crippen molar-refractivity contribution in [2.75, 3.05) is 6.61 Å². The van der Waals surface area contributed by atoms with Gasteiger partial charge in [0.2, 0.25) is 0 Å². The largest absolute Gasteiger partial charge is 0.462 e. The molecule has 1 aromatic heterocycles. The highest BCUT2D eigenvalue weighted by Gasteiger charge is 2.23. The third kappa shape index (κ3) is 2.88. The van der Waals surface area contributed by atoms with Crippen LogP contribution in [0.25, 0.3) is 0 Å². The fourth-order valence-electron chi connectivity index (χ4n) is 1.33. The van der Waals surface area contributed by atoms with Gasteiger partial charge in [-0.15, -0.1) is 0 Å². The van der Waals surface area contributed by atoms with Crippen LogP contribution in [0.15, 0.2) is 10.9 Å². The summed E-state index contributed by atoms with van der Waals surface area (Å²) in [5, 5.41) is 0. The van der Waals surface area contributed by atoms with Crippen molar-refractivity contribution in [1.82, 2.24) is 4.98 Å². The zero-order valence-electron chi connectivity index (χ0n) is 9.13. The summed E-state index contributed by atoms with van der Waals surface area (Å²) in [5.74, 6) is -0.955. The lowest BCUT2D eigenvalue weighted by molar-refractivity contribution is 0.0514. The molecule has 5 nitrogen and oxygen atoms in total. The van der Waals surface area contributed by atoms with E-state index in [1.54, 1.807) is 0 Å². The van der Waals surface area contributed by atoms with E-state index in [1.165, 1.54) is 6.92 Å². The highest BCUT2D eigenvalue weighted by Crippen LogP contribution is 2.20. The van der Waals surface area contributed by atoms with Crippen LogP contribution in [0, 0.1) is 0 Å². The van der Waals surface area contributed by atoms with Crippen LogP contribution in [-0.2, 0) is 11.3 Å². The minimum Gasteiger partial charge on any atom is -0.462 e. The van der Waals surface area contributed by atoms with E-state index in [1.807, 2.05) is 0 Å². The van der Waals surface area contributed by atoms with Crippen molar-refractivity contribution in [1.29, 1.82) is 0 Å². The highest BCUT2D eigenvalue weighted by molar-refractivity contribution is 5.91. The molecular formula is C10H12F2N2O3. The molecule has 3 N–H and O–H groups in total. The highest BCUT2D eigenvalue weighted by atomic mass is 19.3. The minimum absolute atomic E-state index is 0.0340. The van der Waals surface area contributed by atoms with Crippen LogP contribution in [0.2, 0.25) is 0 Å². The van der Waals surface area contributed by atoms with Gasteiger partial charge in [0.05, 0.1) is 17.7 Å². The van der Waals surface area contributed by atoms with E-state index in [0.717, 1.165) is 6.07 Å². The Labute approximate surface area is 95.6 Å². The van der Waals surface area contributed by atoms with Crippen molar-refractivity contribution in [2.45, 2.75) is 19.9 Å². The number of hydrogen-bond donors (Lipinski definition) is 2. The van der Waals surface area contributed by atoms with Crippen molar-refractivity contribution in [3.63, 3.8) is 0 Å². The van der Waals surface area contributed by atoms with Crippen molar-refractivity contribution in [2.24, 2.45) is 5.73 Å². The average Bonchev–Trinajstić information content (AvgIpc) is 2.27. The first-order chi connectivity index (χ1) is 8.01. The van der Waals surface area contributed by atoms with Crippen molar-refractivity contribution >= 4 is 5.97 Å².